The molecule has 2 N–H and O–H groups in total. The zero-order valence-electron chi connectivity index (χ0n) is 21.3. The average Bonchev–Trinajstić information content (AvgIpc) is 3.09. The number of hydrogen-bond donors (Lipinski definition) is 2. The lowest BCUT2D eigenvalue weighted by molar-refractivity contribution is -0.163. The van der Waals surface area contributed by atoms with E-state index in [1.165, 1.54) is 19.3 Å². The second kappa shape index (κ2) is 9.41. The molecule has 0 saturated heterocycles. The van der Waals surface area contributed by atoms with E-state index in [2.05, 4.69) is 20.8 Å². The predicted molar refractivity (Wildman–Crippen MR) is 125 cm³/mol. The van der Waals surface area contributed by atoms with Gasteiger partial charge in [-0.1, -0.05) is 34.1 Å². The van der Waals surface area contributed by atoms with Gasteiger partial charge in [-0.3, -0.25) is 0 Å². The van der Waals surface area contributed by atoms with Crippen molar-refractivity contribution in [3.8, 4) is 0 Å². The fraction of sp³-hybridized carbons (Fsp3) is 1.00. The van der Waals surface area contributed by atoms with Crippen LogP contribution in [0.15, 0.2) is 0 Å². The van der Waals surface area contributed by atoms with Gasteiger partial charge in [0.05, 0.1) is 11.7 Å². The molecule has 0 aliphatic heterocycles. The van der Waals surface area contributed by atoms with E-state index in [1.807, 2.05) is 21.0 Å². The lowest BCUT2D eigenvalue weighted by atomic mass is 9.47. The first-order valence-electron chi connectivity index (χ1n) is 13.1. The van der Waals surface area contributed by atoms with E-state index in [1.54, 1.807) is 0 Å². The number of alkyl halides is 2. The largest absolute Gasteiger partial charge is 0.390 e. The van der Waals surface area contributed by atoms with Gasteiger partial charge in [0.2, 0.25) is 0 Å². The molecule has 3 rings (SSSR count). The molecule has 3 aliphatic rings. The van der Waals surface area contributed by atoms with Crippen LogP contribution in [0.2, 0.25) is 0 Å². The van der Waals surface area contributed by atoms with E-state index in [0.29, 0.717) is 17.8 Å². The molecule has 0 radical (unpaired) electrons. The van der Waals surface area contributed by atoms with Gasteiger partial charge in [-0.05, 0) is 98.7 Å². The molecule has 0 aromatic rings. The molecule has 0 spiro atoms. The molecule has 0 aromatic carbocycles. The van der Waals surface area contributed by atoms with E-state index in [4.69, 9.17) is 9.84 Å². The van der Waals surface area contributed by atoms with Gasteiger partial charge < -0.3 is 14.9 Å². The minimum atomic E-state index is -2.99. The molecule has 3 fully saturated rings. The molecule has 0 amide bonds. The smallest absolute Gasteiger partial charge is 0.270 e. The third-order valence-corrected chi connectivity index (χ3v) is 10.4. The van der Waals surface area contributed by atoms with Gasteiger partial charge in [-0.15, -0.1) is 0 Å². The van der Waals surface area contributed by atoms with Crippen LogP contribution >= 0.6 is 0 Å². The zero-order chi connectivity index (χ0) is 23.9. The van der Waals surface area contributed by atoms with Crippen molar-refractivity contribution < 1.29 is 23.7 Å². The van der Waals surface area contributed by atoms with Crippen LogP contribution in [0.25, 0.3) is 0 Å². The summed E-state index contributed by atoms with van der Waals surface area (Å²) in [6, 6.07) is 0. The Morgan fingerprint density at radius 2 is 1.88 bits per heavy atom. The number of hydrogen-bond acceptors (Lipinski definition) is 3. The van der Waals surface area contributed by atoms with Gasteiger partial charge in [-0.2, -0.15) is 0 Å². The van der Waals surface area contributed by atoms with E-state index in [0.717, 1.165) is 38.5 Å². The molecule has 188 valence electrons. The summed E-state index contributed by atoms with van der Waals surface area (Å²) in [5.74, 6) is -1.26. The van der Waals surface area contributed by atoms with Crippen molar-refractivity contribution >= 4 is 0 Å². The highest BCUT2D eigenvalue weighted by atomic mass is 19.3. The minimum absolute atomic E-state index is 0.0138. The quantitative estimate of drug-likeness (QED) is 0.417. The number of methoxy groups -OCH3 is 1. The van der Waals surface area contributed by atoms with Crippen LogP contribution in [0, 0.1) is 40.4 Å². The van der Waals surface area contributed by atoms with Crippen molar-refractivity contribution in [2.45, 2.75) is 116 Å². The van der Waals surface area contributed by atoms with Gasteiger partial charge in [0, 0.05) is 13.5 Å². The Morgan fingerprint density at radius 3 is 2.47 bits per heavy atom. The van der Waals surface area contributed by atoms with E-state index in [9.17, 15) is 13.9 Å². The highest BCUT2D eigenvalue weighted by Crippen LogP contribution is 2.67. The highest BCUT2D eigenvalue weighted by Gasteiger charge is 2.62. The van der Waals surface area contributed by atoms with E-state index in [-0.39, 0.29) is 35.2 Å². The summed E-state index contributed by atoms with van der Waals surface area (Å²) in [6.45, 7) is 9.67. The fourth-order valence-corrected chi connectivity index (χ4v) is 8.51. The molecule has 32 heavy (non-hydrogen) atoms. The molecule has 3 saturated carbocycles. The number of fused-ring (bicyclic) bond motifs is 3. The van der Waals surface area contributed by atoms with Crippen molar-refractivity contribution in [3.63, 3.8) is 0 Å². The third kappa shape index (κ3) is 4.91. The molecule has 9 atom stereocenters. The first-order valence-corrected chi connectivity index (χ1v) is 13.1. The number of aliphatic hydroxyl groups is 2. The van der Waals surface area contributed by atoms with Crippen LogP contribution in [0.4, 0.5) is 8.78 Å². The number of halogens is 2. The lowest BCUT2D eigenvalue weighted by Gasteiger charge is -2.60. The molecule has 3 nitrogen and oxygen atoms in total. The van der Waals surface area contributed by atoms with Crippen molar-refractivity contribution in [1.82, 2.24) is 0 Å². The topological polar surface area (TPSA) is 49.7 Å². The van der Waals surface area contributed by atoms with Gasteiger partial charge in [-0.25, -0.2) is 8.78 Å². The Labute approximate surface area is 194 Å². The van der Waals surface area contributed by atoms with Gasteiger partial charge >= 0.3 is 0 Å². The standard InChI is InChI=1S/C27H48F2O3/c1-7-25(4,31)14-13-24(3)12-8-9-19-21-11-10-20(18(2)15-27(28,29)17-30)26(21,5)16-22(32-6)23(19)24/h18-23,30-31H,7-17H2,1-6H3. The van der Waals surface area contributed by atoms with Crippen molar-refractivity contribution in [3.05, 3.63) is 0 Å². The van der Waals surface area contributed by atoms with Crippen LogP contribution in [-0.2, 0) is 4.74 Å². The number of aliphatic hydroxyl groups excluding tert-OH is 1. The van der Waals surface area contributed by atoms with Crippen molar-refractivity contribution in [1.29, 1.82) is 0 Å². The maximum atomic E-state index is 14.0. The summed E-state index contributed by atoms with van der Waals surface area (Å²) >= 11 is 0. The summed E-state index contributed by atoms with van der Waals surface area (Å²) in [4.78, 5) is 0. The molecule has 5 heteroatoms. The molecule has 9 unspecified atom stereocenters. The van der Waals surface area contributed by atoms with E-state index < -0.39 is 18.1 Å². The molecule has 0 heterocycles. The predicted octanol–water partition coefficient (Wildman–Crippen LogP) is 6.46. The first-order chi connectivity index (χ1) is 14.8. The van der Waals surface area contributed by atoms with Crippen LogP contribution in [0.1, 0.15) is 98.8 Å². The Kier molecular flexibility index (Phi) is 7.75. The van der Waals surface area contributed by atoms with Crippen molar-refractivity contribution in [2.24, 2.45) is 40.4 Å². The summed E-state index contributed by atoms with van der Waals surface area (Å²) in [7, 11) is 1.83. The molecule has 3 aliphatic carbocycles. The molecular weight excluding hydrogens is 410 g/mol. The monoisotopic (exact) mass is 458 g/mol. The van der Waals surface area contributed by atoms with Crippen molar-refractivity contribution in [2.75, 3.05) is 13.7 Å². The fourth-order valence-electron chi connectivity index (χ4n) is 8.51. The van der Waals surface area contributed by atoms with Crippen LogP contribution in [0.5, 0.6) is 0 Å². The van der Waals surface area contributed by atoms with Gasteiger partial charge in [0.25, 0.3) is 5.92 Å². The Balaban J connectivity index is 1.84. The molecular formula is C27H48F2O3. The maximum absolute atomic E-state index is 14.0. The second-order valence-corrected chi connectivity index (χ2v) is 12.6. The van der Waals surface area contributed by atoms with Crippen LogP contribution in [0.3, 0.4) is 0 Å². The van der Waals surface area contributed by atoms with Gasteiger partial charge in [0.1, 0.15) is 6.61 Å². The molecule has 0 aromatic heterocycles. The third-order valence-electron chi connectivity index (χ3n) is 10.4. The summed E-state index contributed by atoms with van der Waals surface area (Å²) in [6.07, 6.45) is 9.17. The lowest BCUT2D eigenvalue weighted by Crippen LogP contribution is -2.56. The average molecular weight is 459 g/mol. The van der Waals surface area contributed by atoms with Crippen LogP contribution < -0.4 is 0 Å². The Morgan fingerprint density at radius 1 is 1.19 bits per heavy atom. The minimum Gasteiger partial charge on any atom is -0.390 e. The Hall–Kier alpha value is -0.260. The number of rotatable bonds is 9. The zero-order valence-corrected chi connectivity index (χ0v) is 21.3. The Bertz CT molecular complexity index is 638. The summed E-state index contributed by atoms with van der Waals surface area (Å²) in [5, 5.41) is 19.8. The summed E-state index contributed by atoms with van der Waals surface area (Å²) in [5.41, 5.74) is -0.453. The SMILES string of the molecule is CCC(C)(O)CCC1(C)CCCC2C1C(OC)CC1(C)C(C(C)CC(F)(F)CO)CCC21. The highest BCUT2D eigenvalue weighted by molar-refractivity contribution is 5.10. The van der Waals surface area contributed by atoms with E-state index >= 15 is 0 Å². The molecule has 0 bridgehead atoms. The number of ether oxygens (including phenoxy) is 1. The maximum Gasteiger partial charge on any atom is 0.270 e. The second-order valence-electron chi connectivity index (χ2n) is 12.6. The van der Waals surface area contributed by atoms with Gasteiger partial charge in [0.15, 0.2) is 0 Å². The normalized spacial score (nSPS) is 42.8. The van der Waals surface area contributed by atoms with Crippen LogP contribution in [-0.4, -0.2) is 41.6 Å². The summed E-state index contributed by atoms with van der Waals surface area (Å²) < 4.78 is 34.3. The first kappa shape index (κ1) is 26.3.